The number of hydrogen-bond acceptors (Lipinski definition) is 10. The number of carbonyl (C=O) groups is 2. The molecule has 3 N–H and O–H groups in total. The van der Waals surface area contributed by atoms with Crippen molar-refractivity contribution in [3.8, 4) is 0 Å². The van der Waals surface area contributed by atoms with Gasteiger partial charge in [0, 0.05) is 37.7 Å². The lowest BCUT2D eigenvalue weighted by molar-refractivity contribution is -0.384. The van der Waals surface area contributed by atoms with Gasteiger partial charge in [0.25, 0.3) is 5.69 Å². The number of fused-ring (bicyclic) bond motifs is 1. The van der Waals surface area contributed by atoms with E-state index in [0.29, 0.717) is 19.4 Å². The Kier molecular flexibility index (Phi) is 9.56. The number of aliphatic hydroxyl groups is 1. The fraction of sp³-hybridized carbons (Fsp3) is 0.500. The van der Waals surface area contributed by atoms with Crippen LogP contribution in [0.1, 0.15) is 24.8 Å². The minimum atomic E-state index is -4.28. The van der Waals surface area contributed by atoms with Gasteiger partial charge in [0.05, 0.1) is 41.1 Å². The highest BCUT2D eigenvalue weighted by atomic mass is 32.2. The van der Waals surface area contributed by atoms with Crippen LogP contribution in [0, 0.1) is 16.0 Å². The molecule has 5 rings (SSSR count). The Hall–Kier alpha value is -3.63. The van der Waals surface area contributed by atoms with Gasteiger partial charge in [-0.05, 0) is 37.0 Å². The summed E-state index contributed by atoms with van der Waals surface area (Å²) in [6.07, 6.45) is -1.64. The maximum Gasteiger partial charge on any atom is 0.407 e. The fourth-order valence-corrected chi connectivity index (χ4v) is 7.08. The van der Waals surface area contributed by atoms with Crippen molar-refractivity contribution in [1.29, 1.82) is 0 Å². The number of nitro benzene ring substituents is 1. The molecule has 2 aromatic carbocycles. The largest absolute Gasteiger partial charge is 0.443 e. The zero-order chi connectivity index (χ0) is 30.6. The number of nitrogens with zero attached hydrogens (tertiary/aromatic N) is 2. The molecule has 0 saturated carbocycles. The van der Waals surface area contributed by atoms with Crippen LogP contribution >= 0.6 is 0 Å². The van der Waals surface area contributed by atoms with E-state index >= 15 is 0 Å². The number of non-ortho nitro benzene ring substituents is 1. The Balaban J connectivity index is 1.35. The first kappa shape index (κ1) is 30.8. The molecule has 3 heterocycles. The van der Waals surface area contributed by atoms with Crippen LogP contribution in [0.25, 0.3) is 0 Å². The molecule has 0 radical (unpaired) electrons. The third-order valence-corrected chi connectivity index (χ3v) is 9.74. The second-order valence-corrected chi connectivity index (χ2v) is 12.8. The molecule has 3 aliphatic rings. The monoisotopic (exact) mass is 618 g/mol. The van der Waals surface area contributed by atoms with Crippen molar-refractivity contribution in [2.24, 2.45) is 5.92 Å². The van der Waals surface area contributed by atoms with E-state index in [1.54, 1.807) is 12.1 Å². The van der Waals surface area contributed by atoms with Crippen LogP contribution in [-0.2, 0) is 35.4 Å². The first-order valence-electron chi connectivity index (χ1n) is 14.1. The smallest absolute Gasteiger partial charge is 0.407 e. The summed E-state index contributed by atoms with van der Waals surface area (Å²) < 4.78 is 45.2. The quantitative estimate of drug-likeness (QED) is 0.231. The summed E-state index contributed by atoms with van der Waals surface area (Å²) >= 11 is 0. The van der Waals surface area contributed by atoms with Crippen LogP contribution in [0.5, 0.6) is 0 Å². The first-order chi connectivity index (χ1) is 20.6. The van der Waals surface area contributed by atoms with E-state index in [1.807, 2.05) is 18.2 Å². The molecule has 43 heavy (non-hydrogen) atoms. The predicted octanol–water partition coefficient (Wildman–Crippen LogP) is 1.32. The molecule has 15 heteroatoms. The zero-order valence-corrected chi connectivity index (χ0v) is 24.1. The van der Waals surface area contributed by atoms with Crippen molar-refractivity contribution < 1.29 is 42.2 Å². The number of ether oxygens (including phenoxy) is 3. The summed E-state index contributed by atoms with van der Waals surface area (Å²) in [7, 11) is -4.28. The third kappa shape index (κ3) is 7.48. The van der Waals surface area contributed by atoms with Crippen LogP contribution in [0.2, 0.25) is 0 Å². The van der Waals surface area contributed by atoms with E-state index in [0.717, 1.165) is 34.1 Å². The molecule has 3 saturated heterocycles. The molecule has 2 amide bonds. The van der Waals surface area contributed by atoms with Crippen molar-refractivity contribution in [1.82, 2.24) is 14.9 Å². The van der Waals surface area contributed by atoms with Gasteiger partial charge in [-0.1, -0.05) is 30.3 Å². The van der Waals surface area contributed by atoms with E-state index in [1.165, 1.54) is 0 Å². The number of nitrogens with one attached hydrogen (secondary N) is 2. The van der Waals surface area contributed by atoms with Gasteiger partial charge in [-0.2, -0.15) is 4.31 Å². The van der Waals surface area contributed by atoms with Crippen molar-refractivity contribution in [2.75, 3.05) is 26.3 Å². The lowest BCUT2D eigenvalue weighted by atomic mass is 10.0. The average molecular weight is 619 g/mol. The molecule has 232 valence electrons. The van der Waals surface area contributed by atoms with Crippen LogP contribution in [0.4, 0.5) is 10.5 Å². The standard InChI is InChI=1S/C28H34N4O10S/c33-24(16-31(15-19-6-11-26(34)29-19)43(38,39)21-9-7-20(8-10-21)32(36)37)23(14-18-4-2-1-3-5-18)30-28(35)42-25-17-41-27-22(25)12-13-40-27/h1-5,7-10,19,22-25,27,33H,6,11-17H2,(H,29,34)(H,30,35)/t19?,22-,23-,24+,25?,27+/m0/s1. The minimum Gasteiger partial charge on any atom is -0.443 e. The van der Waals surface area contributed by atoms with Gasteiger partial charge in [-0.25, -0.2) is 13.2 Å². The molecule has 3 aliphatic heterocycles. The highest BCUT2D eigenvalue weighted by Gasteiger charge is 2.44. The summed E-state index contributed by atoms with van der Waals surface area (Å²) in [5.74, 6) is -0.303. The topological polar surface area (TPSA) is 187 Å². The number of carbonyl (C=O) groups excluding carboxylic acids is 2. The number of rotatable bonds is 12. The lowest BCUT2D eigenvalue weighted by Crippen LogP contribution is -2.53. The SMILES string of the molecule is O=C1CCC(CN(C[C@@H](O)[C@H](Cc2ccccc2)NC(=O)OC2CO[C@H]3OCC[C@@H]23)S(=O)(=O)c2ccc([N+](=O)[O-])cc2)N1. The van der Waals surface area contributed by atoms with Crippen molar-refractivity contribution in [2.45, 2.75) is 61.2 Å². The summed E-state index contributed by atoms with van der Waals surface area (Å²) in [4.78, 5) is 35.1. The van der Waals surface area contributed by atoms with Crippen molar-refractivity contribution >= 4 is 27.7 Å². The molecule has 0 spiro atoms. The molecular weight excluding hydrogens is 584 g/mol. The zero-order valence-electron chi connectivity index (χ0n) is 23.2. The van der Waals surface area contributed by atoms with Crippen LogP contribution in [0.15, 0.2) is 59.5 Å². The Morgan fingerprint density at radius 3 is 2.58 bits per heavy atom. The number of aliphatic hydroxyl groups excluding tert-OH is 1. The van der Waals surface area contributed by atoms with E-state index in [2.05, 4.69) is 10.6 Å². The van der Waals surface area contributed by atoms with Gasteiger partial charge in [-0.15, -0.1) is 0 Å². The van der Waals surface area contributed by atoms with E-state index < -0.39 is 58.2 Å². The molecule has 3 fully saturated rings. The molecule has 0 aromatic heterocycles. The number of amides is 2. The van der Waals surface area contributed by atoms with Gasteiger partial charge in [0.2, 0.25) is 15.9 Å². The maximum atomic E-state index is 13.8. The van der Waals surface area contributed by atoms with E-state index in [-0.39, 0.29) is 48.4 Å². The fourth-order valence-electron chi connectivity index (χ4n) is 5.58. The highest BCUT2D eigenvalue weighted by Crippen LogP contribution is 2.33. The molecular formula is C28H34N4O10S. The lowest BCUT2D eigenvalue weighted by Gasteiger charge is -2.31. The highest BCUT2D eigenvalue weighted by molar-refractivity contribution is 7.89. The van der Waals surface area contributed by atoms with Crippen molar-refractivity contribution in [3.63, 3.8) is 0 Å². The predicted molar refractivity (Wildman–Crippen MR) is 150 cm³/mol. The van der Waals surface area contributed by atoms with Crippen LogP contribution in [0.3, 0.4) is 0 Å². The van der Waals surface area contributed by atoms with Crippen molar-refractivity contribution in [3.05, 3.63) is 70.3 Å². The Labute approximate surface area is 248 Å². The number of benzene rings is 2. The summed E-state index contributed by atoms with van der Waals surface area (Å²) in [5, 5.41) is 28.0. The van der Waals surface area contributed by atoms with Gasteiger partial charge in [0.1, 0.15) is 6.10 Å². The second-order valence-electron chi connectivity index (χ2n) is 10.9. The van der Waals surface area contributed by atoms with Gasteiger partial charge >= 0.3 is 6.09 Å². The Morgan fingerprint density at radius 2 is 1.91 bits per heavy atom. The molecule has 2 aromatic rings. The molecule has 0 bridgehead atoms. The molecule has 0 aliphatic carbocycles. The molecule has 6 atom stereocenters. The van der Waals surface area contributed by atoms with Crippen LogP contribution in [-0.4, -0.2) is 91.6 Å². The number of hydrogen-bond donors (Lipinski definition) is 3. The van der Waals surface area contributed by atoms with Gasteiger partial charge in [0.15, 0.2) is 6.29 Å². The summed E-state index contributed by atoms with van der Waals surface area (Å²) in [6.45, 7) is 0.108. The average Bonchev–Trinajstić information content (AvgIpc) is 3.72. The van der Waals surface area contributed by atoms with E-state index in [9.17, 15) is 33.2 Å². The number of alkyl carbamates (subject to hydrolysis) is 1. The summed E-state index contributed by atoms with van der Waals surface area (Å²) in [6, 6.07) is 12.0. The second kappa shape index (κ2) is 13.3. The van der Waals surface area contributed by atoms with Gasteiger partial charge in [-0.3, -0.25) is 14.9 Å². The Morgan fingerprint density at radius 1 is 1.16 bits per heavy atom. The number of nitro groups is 1. The maximum absolute atomic E-state index is 13.8. The number of sulfonamides is 1. The van der Waals surface area contributed by atoms with Crippen LogP contribution < -0.4 is 10.6 Å². The first-order valence-corrected chi connectivity index (χ1v) is 15.5. The Bertz CT molecular complexity index is 1410. The minimum absolute atomic E-state index is 0.0906. The third-order valence-electron chi connectivity index (χ3n) is 7.89. The van der Waals surface area contributed by atoms with E-state index in [4.69, 9.17) is 14.2 Å². The summed E-state index contributed by atoms with van der Waals surface area (Å²) in [5.41, 5.74) is 0.510. The molecule has 14 nitrogen and oxygen atoms in total. The van der Waals surface area contributed by atoms with Gasteiger partial charge < -0.3 is 30.0 Å². The molecule has 2 unspecified atom stereocenters. The normalized spacial score (nSPS) is 24.7.